The second kappa shape index (κ2) is 7.51. The molecule has 24 heavy (non-hydrogen) atoms. The zero-order chi connectivity index (χ0) is 16.9. The molecule has 0 aliphatic carbocycles. The van der Waals surface area contributed by atoms with E-state index in [4.69, 9.17) is 0 Å². The third-order valence-corrected chi connectivity index (χ3v) is 4.90. The first-order chi connectivity index (χ1) is 11.7. The van der Waals surface area contributed by atoms with Crippen LogP contribution in [-0.4, -0.2) is 46.5 Å². The van der Waals surface area contributed by atoms with Crippen molar-refractivity contribution in [1.29, 1.82) is 0 Å². The highest BCUT2D eigenvalue weighted by atomic mass is 16.2. The molecule has 0 unspecified atom stereocenters. The molecule has 2 aromatic heterocycles. The average Bonchev–Trinajstić information content (AvgIpc) is 3.06. The molecule has 5 heteroatoms. The number of aryl methyl sites for hydroxylation is 1. The van der Waals surface area contributed by atoms with Gasteiger partial charge in [-0.05, 0) is 49.9 Å². The topological polar surface area (TPSA) is 41.4 Å². The summed E-state index contributed by atoms with van der Waals surface area (Å²) in [6, 6.07) is 9.87. The molecule has 0 radical (unpaired) electrons. The molecule has 0 spiro atoms. The molecule has 0 saturated carbocycles. The van der Waals surface area contributed by atoms with E-state index >= 15 is 0 Å². The summed E-state index contributed by atoms with van der Waals surface area (Å²) in [5.41, 5.74) is 0.766. The minimum absolute atomic E-state index is 0.136. The largest absolute Gasteiger partial charge is 0.357 e. The molecule has 5 nitrogen and oxygen atoms in total. The number of anilines is 1. The van der Waals surface area contributed by atoms with Crippen LogP contribution in [0.4, 0.5) is 5.82 Å². The molecule has 1 aliphatic heterocycles. The molecule has 0 bridgehead atoms. The molecule has 1 aliphatic rings. The van der Waals surface area contributed by atoms with Gasteiger partial charge >= 0.3 is 0 Å². The van der Waals surface area contributed by atoms with Gasteiger partial charge in [-0.15, -0.1) is 0 Å². The highest BCUT2D eigenvalue weighted by Gasteiger charge is 2.24. The van der Waals surface area contributed by atoms with Gasteiger partial charge in [0, 0.05) is 45.6 Å². The number of piperidine rings is 1. The maximum atomic E-state index is 12.7. The quantitative estimate of drug-likeness (QED) is 0.848. The van der Waals surface area contributed by atoms with Crippen LogP contribution in [0.2, 0.25) is 0 Å². The standard InChI is InChI=1S/C19H26N4O/c1-3-22(19(24)17-7-6-12-21(17)2)15-16-9-13-23(14-10-16)18-8-4-5-11-20-18/h4-8,11-12,16H,3,9-10,13-15H2,1-2H3. The van der Waals surface area contributed by atoms with Gasteiger partial charge in [0.05, 0.1) is 0 Å². The van der Waals surface area contributed by atoms with E-state index < -0.39 is 0 Å². The van der Waals surface area contributed by atoms with E-state index in [2.05, 4.69) is 22.9 Å². The Hall–Kier alpha value is -2.30. The normalized spacial score (nSPS) is 15.5. The molecule has 0 aromatic carbocycles. The predicted octanol–water partition coefficient (Wildman–Crippen LogP) is 2.80. The van der Waals surface area contributed by atoms with E-state index in [-0.39, 0.29) is 5.91 Å². The molecule has 1 amide bonds. The van der Waals surface area contributed by atoms with Gasteiger partial charge in [-0.25, -0.2) is 4.98 Å². The number of carbonyl (C=O) groups excluding carboxylic acids is 1. The van der Waals surface area contributed by atoms with Crippen molar-refractivity contribution < 1.29 is 4.79 Å². The van der Waals surface area contributed by atoms with Crippen LogP contribution in [0.3, 0.4) is 0 Å². The lowest BCUT2D eigenvalue weighted by atomic mass is 9.96. The maximum Gasteiger partial charge on any atom is 0.270 e. The van der Waals surface area contributed by atoms with Crippen molar-refractivity contribution in [3.05, 3.63) is 48.4 Å². The van der Waals surface area contributed by atoms with Crippen molar-refractivity contribution >= 4 is 11.7 Å². The monoisotopic (exact) mass is 326 g/mol. The van der Waals surface area contributed by atoms with E-state index in [0.717, 1.165) is 50.5 Å². The van der Waals surface area contributed by atoms with Gasteiger partial charge in [0.2, 0.25) is 0 Å². The van der Waals surface area contributed by atoms with Crippen LogP contribution in [-0.2, 0) is 7.05 Å². The zero-order valence-electron chi connectivity index (χ0n) is 14.6. The average molecular weight is 326 g/mol. The van der Waals surface area contributed by atoms with Crippen LogP contribution in [0.1, 0.15) is 30.3 Å². The van der Waals surface area contributed by atoms with Crippen LogP contribution >= 0.6 is 0 Å². The number of hydrogen-bond donors (Lipinski definition) is 0. The Morgan fingerprint density at radius 2 is 2.04 bits per heavy atom. The minimum atomic E-state index is 0.136. The summed E-state index contributed by atoms with van der Waals surface area (Å²) in [7, 11) is 1.92. The van der Waals surface area contributed by atoms with Crippen LogP contribution in [0, 0.1) is 5.92 Å². The summed E-state index contributed by atoms with van der Waals surface area (Å²) in [5, 5.41) is 0. The molecule has 3 heterocycles. The van der Waals surface area contributed by atoms with Gasteiger partial charge < -0.3 is 14.4 Å². The highest BCUT2D eigenvalue weighted by Crippen LogP contribution is 2.22. The van der Waals surface area contributed by atoms with Crippen LogP contribution in [0.5, 0.6) is 0 Å². The summed E-state index contributed by atoms with van der Waals surface area (Å²) in [5.74, 6) is 1.76. The van der Waals surface area contributed by atoms with E-state index in [1.54, 1.807) is 0 Å². The number of aromatic nitrogens is 2. The number of hydrogen-bond acceptors (Lipinski definition) is 3. The SMILES string of the molecule is CCN(CC1CCN(c2ccccn2)CC1)C(=O)c1cccn1C. The third kappa shape index (κ3) is 3.61. The molecule has 1 fully saturated rings. The van der Waals surface area contributed by atoms with Gasteiger partial charge in [-0.2, -0.15) is 0 Å². The second-order valence-electron chi connectivity index (χ2n) is 6.47. The van der Waals surface area contributed by atoms with Crippen molar-refractivity contribution in [2.75, 3.05) is 31.1 Å². The zero-order valence-corrected chi connectivity index (χ0v) is 14.6. The fourth-order valence-corrected chi connectivity index (χ4v) is 3.40. The Kier molecular flexibility index (Phi) is 5.18. The number of rotatable bonds is 5. The molecular weight excluding hydrogens is 300 g/mol. The first-order valence-corrected chi connectivity index (χ1v) is 8.75. The van der Waals surface area contributed by atoms with Crippen molar-refractivity contribution in [3.8, 4) is 0 Å². The van der Waals surface area contributed by atoms with Gasteiger partial charge in [-0.3, -0.25) is 4.79 Å². The van der Waals surface area contributed by atoms with Gasteiger partial charge in [0.25, 0.3) is 5.91 Å². The fourth-order valence-electron chi connectivity index (χ4n) is 3.40. The molecular formula is C19H26N4O. The van der Waals surface area contributed by atoms with Gasteiger partial charge in [-0.1, -0.05) is 6.07 Å². The van der Waals surface area contributed by atoms with Crippen molar-refractivity contribution in [2.45, 2.75) is 19.8 Å². The molecule has 128 valence electrons. The summed E-state index contributed by atoms with van der Waals surface area (Å²) in [6.45, 7) is 5.68. The minimum Gasteiger partial charge on any atom is -0.357 e. The van der Waals surface area contributed by atoms with E-state index in [0.29, 0.717) is 5.92 Å². The molecule has 0 N–H and O–H groups in total. The maximum absolute atomic E-state index is 12.7. The second-order valence-corrected chi connectivity index (χ2v) is 6.47. The first-order valence-electron chi connectivity index (χ1n) is 8.75. The molecule has 1 saturated heterocycles. The van der Waals surface area contributed by atoms with E-state index in [9.17, 15) is 4.79 Å². The van der Waals surface area contributed by atoms with Crippen LogP contribution in [0.25, 0.3) is 0 Å². The van der Waals surface area contributed by atoms with E-state index in [1.165, 1.54) is 0 Å². The van der Waals surface area contributed by atoms with Crippen LogP contribution < -0.4 is 4.90 Å². The Bertz CT molecular complexity index is 659. The Morgan fingerprint density at radius 3 is 2.62 bits per heavy atom. The smallest absolute Gasteiger partial charge is 0.270 e. The number of carbonyl (C=O) groups is 1. The molecule has 2 aromatic rings. The van der Waals surface area contributed by atoms with Crippen molar-refractivity contribution in [3.63, 3.8) is 0 Å². The summed E-state index contributed by atoms with van der Waals surface area (Å²) >= 11 is 0. The highest BCUT2D eigenvalue weighted by molar-refractivity contribution is 5.92. The van der Waals surface area contributed by atoms with Crippen molar-refractivity contribution in [1.82, 2.24) is 14.5 Å². The Balaban J connectivity index is 1.56. The third-order valence-electron chi connectivity index (χ3n) is 4.90. The number of amides is 1. The lowest BCUT2D eigenvalue weighted by Gasteiger charge is -2.35. The predicted molar refractivity (Wildman–Crippen MR) is 96.2 cm³/mol. The summed E-state index contributed by atoms with van der Waals surface area (Å²) < 4.78 is 1.90. The lowest BCUT2D eigenvalue weighted by molar-refractivity contribution is 0.0719. The summed E-state index contributed by atoms with van der Waals surface area (Å²) in [4.78, 5) is 21.5. The Morgan fingerprint density at radius 1 is 1.25 bits per heavy atom. The number of pyridine rings is 1. The van der Waals surface area contributed by atoms with E-state index in [1.807, 2.05) is 53.2 Å². The first kappa shape index (κ1) is 16.6. The van der Waals surface area contributed by atoms with Gasteiger partial charge in [0.15, 0.2) is 0 Å². The van der Waals surface area contributed by atoms with Crippen molar-refractivity contribution in [2.24, 2.45) is 13.0 Å². The Labute approximate surface area is 143 Å². The number of nitrogens with zero attached hydrogens (tertiary/aromatic N) is 4. The summed E-state index contributed by atoms with van der Waals surface area (Å²) in [6.07, 6.45) is 5.98. The van der Waals surface area contributed by atoms with Gasteiger partial charge in [0.1, 0.15) is 11.5 Å². The van der Waals surface area contributed by atoms with Crippen LogP contribution in [0.15, 0.2) is 42.7 Å². The molecule has 0 atom stereocenters. The fraction of sp³-hybridized carbons (Fsp3) is 0.474. The molecule has 3 rings (SSSR count). The lowest BCUT2D eigenvalue weighted by Crippen LogP contribution is -2.41.